The van der Waals surface area contributed by atoms with E-state index in [9.17, 15) is 0 Å². The average molecular weight is 499 g/mol. The Balaban J connectivity index is 0.00000181. The molecule has 0 bridgehead atoms. The maximum absolute atomic E-state index is 6.11. The van der Waals surface area contributed by atoms with Gasteiger partial charge in [0.05, 0.1) is 19.7 Å². The molecule has 0 radical (unpaired) electrons. The summed E-state index contributed by atoms with van der Waals surface area (Å²) < 4.78 is 10.7. The minimum atomic E-state index is 0. The number of aromatic nitrogens is 1. The third-order valence-electron chi connectivity index (χ3n) is 5.80. The van der Waals surface area contributed by atoms with Crippen LogP contribution >= 0.6 is 36.4 Å². The summed E-state index contributed by atoms with van der Waals surface area (Å²) >= 11 is 6.11. The number of pyridine rings is 1. The fraction of sp³-hybridized carbons (Fsp3) is 0.375. The number of hydrogen-bond donors (Lipinski definition) is 2. The standard InChI is InChI=1S/C24H28ClN3O2.2ClH/c1-29-20-11-16(12-21(14-20)30-2)15-27-18-4-6-19(7-5-18)28-23-9-10-26-24-13-17(25)3-8-22(23)24;;/h3,8-14,18-19,27H,4-7,15H2,1-2H3,(H,26,28);2*1H/t18-,19+;;. The Hall–Kier alpha value is -1.92. The summed E-state index contributed by atoms with van der Waals surface area (Å²) in [5.74, 6) is 1.65. The first-order valence-corrected chi connectivity index (χ1v) is 10.8. The van der Waals surface area contributed by atoms with Crippen LogP contribution in [0.25, 0.3) is 10.9 Å². The van der Waals surface area contributed by atoms with Crippen molar-refractivity contribution in [2.75, 3.05) is 19.5 Å². The molecule has 8 heteroatoms. The van der Waals surface area contributed by atoms with Crippen molar-refractivity contribution in [3.05, 3.63) is 59.2 Å². The number of ether oxygens (including phenoxy) is 2. The number of benzene rings is 2. The van der Waals surface area contributed by atoms with Crippen LogP contribution in [-0.4, -0.2) is 31.3 Å². The zero-order valence-electron chi connectivity index (χ0n) is 18.3. The molecule has 0 spiro atoms. The van der Waals surface area contributed by atoms with Gasteiger partial charge in [-0.25, -0.2) is 0 Å². The van der Waals surface area contributed by atoms with Crippen LogP contribution < -0.4 is 20.1 Å². The van der Waals surface area contributed by atoms with E-state index < -0.39 is 0 Å². The lowest BCUT2D eigenvalue weighted by atomic mass is 9.90. The predicted octanol–water partition coefficient (Wildman–Crippen LogP) is 6.26. The Morgan fingerprint density at radius 1 is 0.906 bits per heavy atom. The predicted molar refractivity (Wildman–Crippen MR) is 137 cm³/mol. The summed E-state index contributed by atoms with van der Waals surface area (Å²) in [5.41, 5.74) is 3.24. The SMILES string of the molecule is COc1cc(CN[C@H]2CC[C@@H](Nc3ccnc4cc(Cl)ccc34)CC2)cc(OC)c1.Cl.Cl. The van der Waals surface area contributed by atoms with E-state index in [2.05, 4.69) is 33.8 Å². The zero-order chi connectivity index (χ0) is 20.9. The molecule has 0 aliphatic heterocycles. The lowest BCUT2D eigenvalue weighted by Crippen LogP contribution is -2.36. The Kier molecular flexibility index (Phi) is 10.2. The molecule has 32 heavy (non-hydrogen) atoms. The van der Waals surface area contributed by atoms with Gasteiger partial charge in [0.2, 0.25) is 0 Å². The molecule has 5 nitrogen and oxygen atoms in total. The van der Waals surface area contributed by atoms with E-state index in [0.29, 0.717) is 17.1 Å². The molecule has 1 aromatic heterocycles. The second-order valence-electron chi connectivity index (χ2n) is 7.81. The van der Waals surface area contributed by atoms with E-state index in [-0.39, 0.29) is 24.8 Å². The van der Waals surface area contributed by atoms with Gasteiger partial charge in [0.25, 0.3) is 0 Å². The normalized spacial score (nSPS) is 17.7. The first-order valence-electron chi connectivity index (χ1n) is 10.4. The first kappa shape index (κ1) is 26.3. The fourth-order valence-corrected chi connectivity index (χ4v) is 4.31. The number of anilines is 1. The van der Waals surface area contributed by atoms with Gasteiger partial charge in [0.15, 0.2) is 0 Å². The number of hydrogen-bond acceptors (Lipinski definition) is 5. The zero-order valence-corrected chi connectivity index (χ0v) is 20.7. The number of methoxy groups -OCH3 is 2. The van der Waals surface area contributed by atoms with Crippen LogP contribution in [0.3, 0.4) is 0 Å². The average Bonchev–Trinajstić information content (AvgIpc) is 2.78. The highest BCUT2D eigenvalue weighted by molar-refractivity contribution is 6.31. The van der Waals surface area contributed by atoms with E-state index in [4.69, 9.17) is 21.1 Å². The van der Waals surface area contributed by atoms with Gasteiger partial charge in [-0.05, 0) is 67.6 Å². The number of nitrogens with zero attached hydrogens (tertiary/aromatic N) is 1. The van der Waals surface area contributed by atoms with E-state index >= 15 is 0 Å². The van der Waals surface area contributed by atoms with Crippen molar-refractivity contribution in [3.8, 4) is 11.5 Å². The van der Waals surface area contributed by atoms with Crippen LogP contribution in [0.4, 0.5) is 5.69 Å². The van der Waals surface area contributed by atoms with Gasteiger partial charge < -0.3 is 20.1 Å². The van der Waals surface area contributed by atoms with Crippen molar-refractivity contribution in [1.82, 2.24) is 10.3 Å². The summed E-state index contributed by atoms with van der Waals surface area (Å²) in [5, 5.41) is 9.26. The first-order chi connectivity index (χ1) is 14.6. The van der Waals surface area contributed by atoms with Crippen LogP contribution in [0, 0.1) is 0 Å². The molecule has 1 heterocycles. The summed E-state index contributed by atoms with van der Waals surface area (Å²) in [7, 11) is 3.36. The van der Waals surface area contributed by atoms with Gasteiger partial charge in [0, 0.05) is 47.0 Å². The Bertz CT molecular complexity index is 989. The largest absolute Gasteiger partial charge is 0.497 e. The topological polar surface area (TPSA) is 55.4 Å². The van der Waals surface area contributed by atoms with Crippen molar-refractivity contribution < 1.29 is 9.47 Å². The highest BCUT2D eigenvalue weighted by atomic mass is 35.5. The molecule has 0 atom stereocenters. The molecule has 2 aromatic carbocycles. The van der Waals surface area contributed by atoms with Gasteiger partial charge in [-0.2, -0.15) is 0 Å². The molecular weight excluding hydrogens is 469 g/mol. The maximum Gasteiger partial charge on any atom is 0.122 e. The van der Waals surface area contributed by atoms with Crippen molar-refractivity contribution in [3.63, 3.8) is 0 Å². The van der Waals surface area contributed by atoms with Crippen LogP contribution in [0.15, 0.2) is 48.7 Å². The number of nitrogens with one attached hydrogen (secondary N) is 2. The number of fused-ring (bicyclic) bond motifs is 1. The minimum Gasteiger partial charge on any atom is -0.497 e. The molecule has 1 fully saturated rings. The van der Waals surface area contributed by atoms with E-state index in [1.807, 2.05) is 30.5 Å². The molecule has 0 unspecified atom stereocenters. The van der Waals surface area contributed by atoms with E-state index in [0.717, 1.165) is 60.3 Å². The maximum atomic E-state index is 6.11. The number of halogens is 3. The van der Waals surface area contributed by atoms with Crippen molar-refractivity contribution in [1.29, 1.82) is 0 Å². The molecular formula is C24H30Cl3N3O2. The van der Waals surface area contributed by atoms with Gasteiger partial charge in [-0.15, -0.1) is 24.8 Å². The Morgan fingerprint density at radius 2 is 1.56 bits per heavy atom. The highest BCUT2D eigenvalue weighted by Crippen LogP contribution is 2.28. The molecule has 2 N–H and O–H groups in total. The Morgan fingerprint density at radius 3 is 2.22 bits per heavy atom. The summed E-state index contributed by atoms with van der Waals surface area (Å²) in [6, 6.07) is 14.9. The lowest BCUT2D eigenvalue weighted by Gasteiger charge is -2.30. The Labute approximate surface area is 207 Å². The third-order valence-corrected chi connectivity index (χ3v) is 6.03. The second kappa shape index (κ2) is 12.4. The summed E-state index contributed by atoms with van der Waals surface area (Å²) in [4.78, 5) is 4.43. The lowest BCUT2D eigenvalue weighted by molar-refractivity contribution is 0.352. The molecule has 1 aliphatic rings. The monoisotopic (exact) mass is 497 g/mol. The van der Waals surface area contributed by atoms with Crippen LogP contribution in [0.2, 0.25) is 5.02 Å². The molecule has 0 saturated heterocycles. The van der Waals surface area contributed by atoms with Crippen molar-refractivity contribution in [2.45, 2.75) is 44.3 Å². The molecule has 1 aliphatic carbocycles. The fourth-order valence-electron chi connectivity index (χ4n) is 4.14. The van der Waals surface area contributed by atoms with Crippen molar-refractivity contribution >= 4 is 53.0 Å². The van der Waals surface area contributed by atoms with Gasteiger partial charge >= 0.3 is 0 Å². The van der Waals surface area contributed by atoms with Crippen molar-refractivity contribution in [2.24, 2.45) is 0 Å². The summed E-state index contributed by atoms with van der Waals surface area (Å²) in [6.45, 7) is 0.812. The van der Waals surface area contributed by atoms with Gasteiger partial charge in [-0.3, -0.25) is 4.98 Å². The van der Waals surface area contributed by atoms with Crippen LogP contribution in [0.5, 0.6) is 11.5 Å². The molecule has 4 rings (SSSR count). The van der Waals surface area contributed by atoms with Gasteiger partial charge in [0.1, 0.15) is 11.5 Å². The minimum absolute atomic E-state index is 0. The molecule has 174 valence electrons. The van der Waals surface area contributed by atoms with Crippen LogP contribution in [-0.2, 0) is 6.54 Å². The molecule has 3 aromatic rings. The highest BCUT2D eigenvalue weighted by Gasteiger charge is 2.21. The quantitative estimate of drug-likeness (QED) is 0.402. The number of rotatable bonds is 7. The van der Waals surface area contributed by atoms with Crippen LogP contribution in [0.1, 0.15) is 31.2 Å². The van der Waals surface area contributed by atoms with Gasteiger partial charge in [-0.1, -0.05) is 11.6 Å². The van der Waals surface area contributed by atoms with E-state index in [1.54, 1.807) is 14.2 Å². The molecule has 1 saturated carbocycles. The van der Waals surface area contributed by atoms with E-state index in [1.165, 1.54) is 5.56 Å². The second-order valence-corrected chi connectivity index (χ2v) is 8.25. The molecule has 0 amide bonds. The summed E-state index contributed by atoms with van der Waals surface area (Å²) in [6.07, 6.45) is 6.41. The third kappa shape index (κ3) is 6.55. The smallest absolute Gasteiger partial charge is 0.122 e.